The maximum absolute atomic E-state index is 8.54. The third-order valence-electron chi connectivity index (χ3n) is 1.82. The SMILES string of the molecule is CN(C)c1ccc(C(N)=[NH+]O)cc1. The van der Waals surface area contributed by atoms with Crippen molar-refractivity contribution in [1.29, 1.82) is 0 Å². The lowest BCUT2D eigenvalue weighted by atomic mass is 10.2. The molecule has 4 heteroatoms. The lowest BCUT2D eigenvalue weighted by molar-refractivity contribution is -0.737. The van der Waals surface area contributed by atoms with Gasteiger partial charge in [-0.05, 0) is 24.3 Å². The maximum atomic E-state index is 8.54. The third-order valence-corrected chi connectivity index (χ3v) is 1.82. The molecular weight excluding hydrogens is 166 g/mol. The Bertz CT molecular complexity index is 303. The molecule has 70 valence electrons. The van der Waals surface area contributed by atoms with Gasteiger partial charge in [0, 0.05) is 19.8 Å². The van der Waals surface area contributed by atoms with E-state index >= 15 is 0 Å². The fourth-order valence-electron chi connectivity index (χ4n) is 1.00. The highest BCUT2D eigenvalue weighted by Gasteiger charge is 2.03. The Balaban J connectivity index is 2.94. The van der Waals surface area contributed by atoms with Gasteiger partial charge in [0.2, 0.25) is 0 Å². The Labute approximate surface area is 77.3 Å². The first-order chi connectivity index (χ1) is 6.15. The van der Waals surface area contributed by atoms with Crippen molar-refractivity contribution in [2.45, 2.75) is 0 Å². The van der Waals surface area contributed by atoms with Crippen LogP contribution in [0.4, 0.5) is 5.69 Å². The van der Waals surface area contributed by atoms with E-state index in [1.807, 2.05) is 48.4 Å². The first kappa shape index (κ1) is 9.38. The van der Waals surface area contributed by atoms with Crippen LogP contribution in [0.15, 0.2) is 24.3 Å². The summed E-state index contributed by atoms with van der Waals surface area (Å²) in [6.07, 6.45) is 0. The monoisotopic (exact) mass is 180 g/mol. The van der Waals surface area contributed by atoms with Crippen molar-refractivity contribution in [2.24, 2.45) is 5.73 Å². The summed E-state index contributed by atoms with van der Waals surface area (Å²) in [5, 5.41) is 10.5. The van der Waals surface area contributed by atoms with Crippen molar-refractivity contribution in [3.63, 3.8) is 0 Å². The topological polar surface area (TPSA) is 63.5 Å². The van der Waals surface area contributed by atoms with Crippen LogP contribution in [0.5, 0.6) is 0 Å². The predicted octanol–water partition coefficient (Wildman–Crippen LogP) is -1.07. The quantitative estimate of drug-likeness (QED) is 0.235. The molecule has 0 aliphatic rings. The van der Waals surface area contributed by atoms with E-state index in [1.165, 1.54) is 0 Å². The Kier molecular flexibility index (Phi) is 2.74. The van der Waals surface area contributed by atoms with Gasteiger partial charge in [0.15, 0.2) is 0 Å². The second-order valence-corrected chi connectivity index (χ2v) is 2.97. The molecule has 4 nitrogen and oxygen atoms in total. The van der Waals surface area contributed by atoms with Gasteiger partial charge in [-0.2, -0.15) is 0 Å². The summed E-state index contributed by atoms with van der Waals surface area (Å²) >= 11 is 0. The lowest BCUT2D eigenvalue weighted by Crippen LogP contribution is -2.71. The Morgan fingerprint density at radius 2 is 1.85 bits per heavy atom. The van der Waals surface area contributed by atoms with E-state index < -0.39 is 0 Å². The van der Waals surface area contributed by atoms with Crippen LogP contribution in [-0.4, -0.2) is 25.1 Å². The van der Waals surface area contributed by atoms with Crippen molar-refractivity contribution >= 4 is 11.5 Å². The van der Waals surface area contributed by atoms with Crippen LogP contribution < -0.4 is 15.8 Å². The molecule has 0 aliphatic carbocycles. The summed E-state index contributed by atoms with van der Waals surface area (Å²) < 4.78 is 0. The summed E-state index contributed by atoms with van der Waals surface area (Å²) in [6, 6.07) is 7.54. The fourth-order valence-corrected chi connectivity index (χ4v) is 1.00. The van der Waals surface area contributed by atoms with Gasteiger partial charge >= 0.3 is 5.84 Å². The fraction of sp³-hybridized carbons (Fsp3) is 0.222. The molecule has 0 amide bonds. The number of nitrogens with one attached hydrogen (secondary N) is 1. The van der Waals surface area contributed by atoms with E-state index in [0.717, 1.165) is 11.3 Å². The van der Waals surface area contributed by atoms with Crippen LogP contribution in [-0.2, 0) is 0 Å². The Morgan fingerprint density at radius 3 is 2.23 bits per heavy atom. The molecule has 4 N–H and O–H groups in total. The van der Waals surface area contributed by atoms with Crippen LogP contribution in [0.25, 0.3) is 0 Å². The summed E-state index contributed by atoms with van der Waals surface area (Å²) in [5.41, 5.74) is 7.33. The standard InChI is InChI=1S/C9H13N3O/c1-12(2)8-5-3-7(4-6-8)9(10)11-13/h3-6,13H,1-2H3,(H2,10,11)/p+1. The van der Waals surface area contributed by atoms with Gasteiger partial charge in [-0.3, -0.25) is 5.73 Å². The summed E-state index contributed by atoms with van der Waals surface area (Å²) in [6.45, 7) is 0. The molecule has 0 radical (unpaired) electrons. The number of hydrogen-bond acceptors (Lipinski definition) is 2. The van der Waals surface area contributed by atoms with Crippen LogP contribution in [0.2, 0.25) is 0 Å². The number of nitrogens with two attached hydrogens (primary N) is 1. The number of amidine groups is 1. The van der Waals surface area contributed by atoms with Gasteiger partial charge in [0.25, 0.3) is 0 Å². The van der Waals surface area contributed by atoms with Crippen LogP contribution >= 0.6 is 0 Å². The molecule has 0 saturated carbocycles. The van der Waals surface area contributed by atoms with E-state index in [9.17, 15) is 0 Å². The van der Waals surface area contributed by atoms with Crippen molar-refractivity contribution in [3.8, 4) is 0 Å². The smallest absolute Gasteiger partial charge is 0.311 e. The molecule has 1 aromatic carbocycles. The highest BCUT2D eigenvalue weighted by Crippen LogP contribution is 2.10. The lowest BCUT2D eigenvalue weighted by Gasteiger charge is -2.11. The number of nitrogens with zero attached hydrogens (tertiary/aromatic N) is 1. The van der Waals surface area contributed by atoms with Gasteiger partial charge < -0.3 is 10.1 Å². The molecule has 0 aromatic heterocycles. The molecule has 0 heterocycles. The zero-order chi connectivity index (χ0) is 9.84. The Hall–Kier alpha value is -1.71. The van der Waals surface area contributed by atoms with Crippen LogP contribution in [0.3, 0.4) is 0 Å². The maximum Gasteiger partial charge on any atom is 0.311 e. The van der Waals surface area contributed by atoms with Crippen LogP contribution in [0.1, 0.15) is 5.56 Å². The molecular formula is C9H14N3O+. The third kappa shape index (κ3) is 2.11. The second kappa shape index (κ2) is 3.80. The zero-order valence-electron chi connectivity index (χ0n) is 7.78. The summed E-state index contributed by atoms with van der Waals surface area (Å²) in [5.74, 6) is 0.255. The minimum atomic E-state index is 0.255. The molecule has 0 saturated heterocycles. The second-order valence-electron chi connectivity index (χ2n) is 2.97. The van der Waals surface area contributed by atoms with E-state index in [-0.39, 0.29) is 5.84 Å². The molecule has 0 atom stereocenters. The summed E-state index contributed by atoms with van der Waals surface area (Å²) in [4.78, 5) is 1.99. The number of hydrogen-bond donors (Lipinski definition) is 3. The van der Waals surface area contributed by atoms with Gasteiger partial charge in [0.05, 0.1) is 5.56 Å². The van der Waals surface area contributed by atoms with Crippen molar-refractivity contribution < 1.29 is 10.4 Å². The van der Waals surface area contributed by atoms with Gasteiger partial charge in [-0.15, -0.1) is 0 Å². The highest BCUT2D eigenvalue weighted by molar-refractivity contribution is 5.93. The summed E-state index contributed by atoms with van der Waals surface area (Å²) in [7, 11) is 3.93. The minimum absolute atomic E-state index is 0.255. The van der Waals surface area contributed by atoms with Gasteiger partial charge in [-0.25, -0.2) is 0 Å². The van der Waals surface area contributed by atoms with Crippen molar-refractivity contribution in [1.82, 2.24) is 0 Å². The number of anilines is 1. The molecule has 0 spiro atoms. The molecule has 0 bridgehead atoms. The zero-order valence-corrected chi connectivity index (χ0v) is 7.78. The number of rotatable bonds is 2. The largest absolute Gasteiger partial charge is 0.378 e. The molecule has 13 heavy (non-hydrogen) atoms. The normalized spacial score (nSPS) is 11.4. The van der Waals surface area contributed by atoms with E-state index in [4.69, 9.17) is 10.9 Å². The molecule has 1 aromatic rings. The highest BCUT2D eigenvalue weighted by atomic mass is 16.4. The van der Waals surface area contributed by atoms with E-state index in [1.54, 1.807) is 0 Å². The molecule has 1 rings (SSSR count). The number of benzene rings is 1. The Morgan fingerprint density at radius 1 is 1.31 bits per heavy atom. The van der Waals surface area contributed by atoms with Crippen molar-refractivity contribution in [3.05, 3.63) is 29.8 Å². The minimum Gasteiger partial charge on any atom is -0.378 e. The predicted molar refractivity (Wildman–Crippen MR) is 51.8 cm³/mol. The first-order valence-corrected chi connectivity index (χ1v) is 3.95. The van der Waals surface area contributed by atoms with Gasteiger partial charge in [-0.1, -0.05) is 5.16 Å². The van der Waals surface area contributed by atoms with Crippen molar-refractivity contribution in [2.75, 3.05) is 19.0 Å². The average Bonchev–Trinajstić information content (AvgIpc) is 2.17. The molecule has 0 unspecified atom stereocenters. The molecule has 0 fully saturated rings. The number of nitrogen functional groups attached to an aromatic ring is 1. The average molecular weight is 180 g/mol. The van der Waals surface area contributed by atoms with Gasteiger partial charge in [0.1, 0.15) is 0 Å². The van der Waals surface area contributed by atoms with E-state index in [0.29, 0.717) is 0 Å². The van der Waals surface area contributed by atoms with Crippen LogP contribution in [0, 0.1) is 0 Å². The molecule has 0 aliphatic heterocycles. The van der Waals surface area contributed by atoms with E-state index in [2.05, 4.69) is 0 Å². The first-order valence-electron chi connectivity index (χ1n) is 3.95.